The van der Waals surface area contributed by atoms with E-state index in [0.717, 1.165) is 12.8 Å². The number of unbranched alkanes of at least 4 members (excludes halogenated alkanes) is 1. The maximum absolute atomic E-state index is 11.2. The Morgan fingerprint density at radius 1 is 1.43 bits per heavy atom. The minimum absolute atomic E-state index is 0.378. The van der Waals surface area contributed by atoms with Crippen LogP contribution in [0.15, 0.2) is 0 Å². The highest BCUT2D eigenvalue weighted by atomic mass is 32.1. The van der Waals surface area contributed by atoms with E-state index in [1.807, 2.05) is 0 Å². The lowest BCUT2D eigenvalue weighted by Gasteiger charge is -2.06. The summed E-state index contributed by atoms with van der Waals surface area (Å²) in [6, 6.07) is 0. The van der Waals surface area contributed by atoms with E-state index in [1.54, 1.807) is 11.3 Å². The molecule has 0 spiro atoms. The molecule has 0 saturated carbocycles. The molecule has 0 bridgehead atoms. The lowest BCUT2D eigenvalue weighted by Crippen LogP contribution is -2.11. The summed E-state index contributed by atoms with van der Waals surface area (Å²) < 4.78 is 0. The Kier molecular flexibility index (Phi) is 2.96. The van der Waals surface area contributed by atoms with Gasteiger partial charge in [0.2, 0.25) is 0 Å². The topological polar surface area (TPSA) is 30.0 Å². The van der Waals surface area contributed by atoms with Gasteiger partial charge in [0.15, 0.2) is 0 Å². The van der Waals surface area contributed by atoms with Crippen molar-refractivity contribution >= 4 is 17.1 Å². The molecule has 1 aliphatic rings. The van der Waals surface area contributed by atoms with Crippen molar-refractivity contribution < 1.29 is 4.79 Å². The Bertz CT molecular complexity index is 343. The molecule has 2 nitrogen and oxygen atoms in total. The normalized spacial score (nSPS) is 15.6. The van der Waals surface area contributed by atoms with Crippen molar-refractivity contribution in [1.29, 1.82) is 0 Å². The third-order valence-electron chi connectivity index (χ3n) is 2.57. The second-order valence-electron chi connectivity index (χ2n) is 3.80. The number of hydrogen-bond donors (Lipinski definition) is 0. The van der Waals surface area contributed by atoms with Crippen LogP contribution in [0.2, 0.25) is 0 Å². The van der Waals surface area contributed by atoms with E-state index in [4.69, 9.17) is 0 Å². The van der Waals surface area contributed by atoms with Crippen LogP contribution in [0.4, 0.5) is 0 Å². The van der Waals surface area contributed by atoms with Crippen LogP contribution in [-0.4, -0.2) is 10.8 Å². The number of Topliss-reactive ketones (excluding diaryl/α,β-unsaturated/α-hetero) is 1. The van der Waals surface area contributed by atoms with Gasteiger partial charge in [-0.05, 0) is 19.3 Å². The standard InChI is InChI=1S/C11H15NOS/c1-2-3-4-11-12-9-6-5-8(13)7-10(9)14-11/h2-7H2,1H3. The molecule has 1 aromatic heterocycles. The number of aryl methyl sites for hydroxylation is 2. The molecule has 0 N–H and O–H groups in total. The summed E-state index contributed by atoms with van der Waals surface area (Å²) >= 11 is 1.75. The molecule has 76 valence electrons. The molecule has 1 aromatic rings. The smallest absolute Gasteiger partial charge is 0.138 e. The molecule has 0 unspecified atom stereocenters. The molecule has 0 fully saturated rings. The number of rotatable bonds is 3. The van der Waals surface area contributed by atoms with E-state index in [1.165, 1.54) is 28.4 Å². The quantitative estimate of drug-likeness (QED) is 0.765. The summed E-state index contributed by atoms with van der Waals surface area (Å²) in [5.41, 5.74) is 1.20. The van der Waals surface area contributed by atoms with E-state index in [0.29, 0.717) is 18.6 Å². The lowest BCUT2D eigenvalue weighted by atomic mass is 10.0. The number of fused-ring (bicyclic) bond motifs is 1. The van der Waals surface area contributed by atoms with Gasteiger partial charge in [-0.3, -0.25) is 4.79 Å². The van der Waals surface area contributed by atoms with Crippen LogP contribution in [0.1, 0.15) is 41.8 Å². The van der Waals surface area contributed by atoms with Gasteiger partial charge < -0.3 is 0 Å². The van der Waals surface area contributed by atoms with Crippen LogP contribution >= 0.6 is 11.3 Å². The Morgan fingerprint density at radius 3 is 3.07 bits per heavy atom. The fourth-order valence-electron chi connectivity index (χ4n) is 1.73. The van der Waals surface area contributed by atoms with Gasteiger partial charge in [0.1, 0.15) is 5.78 Å². The predicted octanol–water partition coefficient (Wildman–Crippen LogP) is 2.54. The monoisotopic (exact) mass is 209 g/mol. The van der Waals surface area contributed by atoms with Crippen LogP contribution in [0.25, 0.3) is 0 Å². The van der Waals surface area contributed by atoms with Gasteiger partial charge >= 0.3 is 0 Å². The number of carbonyl (C=O) groups excluding carboxylic acids is 1. The zero-order valence-electron chi connectivity index (χ0n) is 8.51. The molecule has 0 radical (unpaired) electrons. The van der Waals surface area contributed by atoms with Gasteiger partial charge in [0.25, 0.3) is 0 Å². The van der Waals surface area contributed by atoms with Crippen molar-refractivity contribution in [3.8, 4) is 0 Å². The maximum atomic E-state index is 11.2. The Balaban J connectivity index is 2.11. The average Bonchev–Trinajstić information content (AvgIpc) is 2.56. The van der Waals surface area contributed by atoms with Crippen LogP contribution in [0, 0.1) is 0 Å². The maximum Gasteiger partial charge on any atom is 0.138 e. The molecule has 0 aromatic carbocycles. The van der Waals surface area contributed by atoms with Crippen LogP contribution in [0.5, 0.6) is 0 Å². The first-order valence-electron chi connectivity index (χ1n) is 5.28. The summed E-state index contributed by atoms with van der Waals surface area (Å²) in [4.78, 5) is 17.0. The molecule has 0 saturated heterocycles. The van der Waals surface area contributed by atoms with Crippen molar-refractivity contribution in [3.63, 3.8) is 0 Å². The van der Waals surface area contributed by atoms with Crippen LogP contribution in [-0.2, 0) is 24.1 Å². The van der Waals surface area contributed by atoms with Crippen molar-refractivity contribution in [2.45, 2.75) is 45.4 Å². The van der Waals surface area contributed by atoms with E-state index in [2.05, 4.69) is 11.9 Å². The molecule has 3 heteroatoms. The zero-order valence-corrected chi connectivity index (χ0v) is 9.32. The van der Waals surface area contributed by atoms with E-state index < -0.39 is 0 Å². The molecule has 2 rings (SSSR count). The van der Waals surface area contributed by atoms with Crippen molar-refractivity contribution in [2.24, 2.45) is 0 Å². The summed E-state index contributed by atoms with van der Waals surface area (Å²) in [5.74, 6) is 0.378. The van der Waals surface area contributed by atoms with E-state index in [9.17, 15) is 4.79 Å². The van der Waals surface area contributed by atoms with Crippen LogP contribution in [0.3, 0.4) is 0 Å². The first-order valence-corrected chi connectivity index (χ1v) is 6.10. The first kappa shape index (κ1) is 9.84. The minimum Gasteiger partial charge on any atom is -0.299 e. The van der Waals surface area contributed by atoms with Gasteiger partial charge in [-0.1, -0.05) is 13.3 Å². The predicted molar refractivity (Wildman–Crippen MR) is 57.8 cm³/mol. The minimum atomic E-state index is 0.378. The SMILES string of the molecule is CCCCc1nc2c(s1)CC(=O)CC2. The zero-order chi connectivity index (χ0) is 9.97. The number of thiazole rings is 1. The molecule has 0 aliphatic heterocycles. The summed E-state index contributed by atoms with van der Waals surface area (Å²) in [7, 11) is 0. The fraction of sp³-hybridized carbons (Fsp3) is 0.636. The second-order valence-corrected chi connectivity index (χ2v) is 4.96. The molecule has 1 heterocycles. The third kappa shape index (κ3) is 2.03. The fourth-order valence-corrected chi connectivity index (χ4v) is 2.92. The van der Waals surface area contributed by atoms with E-state index >= 15 is 0 Å². The van der Waals surface area contributed by atoms with Gasteiger partial charge in [0, 0.05) is 17.7 Å². The number of nitrogens with zero attached hydrogens (tertiary/aromatic N) is 1. The molecule has 14 heavy (non-hydrogen) atoms. The van der Waals surface area contributed by atoms with Gasteiger partial charge in [-0.15, -0.1) is 11.3 Å². The lowest BCUT2D eigenvalue weighted by molar-refractivity contribution is -0.118. The van der Waals surface area contributed by atoms with Crippen molar-refractivity contribution in [2.75, 3.05) is 0 Å². The largest absolute Gasteiger partial charge is 0.299 e. The highest BCUT2D eigenvalue weighted by Crippen LogP contribution is 2.26. The number of ketones is 1. The summed E-state index contributed by atoms with van der Waals surface area (Å²) in [6.07, 6.45) is 5.71. The highest BCUT2D eigenvalue weighted by Gasteiger charge is 2.19. The molecule has 0 atom stereocenters. The third-order valence-corrected chi connectivity index (χ3v) is 3.72. The molecular weight excluding hydrogens is 194 g/mol. The molecule has 1 aliphatic carbocycles. The van der Waals surface area contributed by atoms with E-state index in [-0.39, 0.29) is 0 Å². The highest BCUT2D eigenvalue weighted by molar-refractivity contribution is 7.11. The summed E-state index contributed by atoms with van der Waals surface area (Å²) in [6.45, 7) is 2.19. The Labute approximate surface area is 88.4 Å². The number of carbonyl (C=O) groups is 1. The van der Waals surface area contributed by atoms with Crippen LogP contribution < -0.4 is 0 Å². The van der Waals surface area contributed by atoms with Gasteiger partial charge in [-0.25, -0.2) is 4.98 Å². The van der Waals surface area contributed by atoms with Gasteiger partial charge in [-0.2, -0.15) is 0 Å². The van der Waals surface area contributed by atoms with Crippen molar-refractivity contribution in [1.82, 2.24) is 4.98 Å². The van der Waals surface area contributed by atoms with Crippen molar-refractivity contribution in [3.05, 3.63) is 15.6 Å². The first-order chi connectivity index (χ1) is 6.79. The number of hydrogen-bond acceptors (Lipinski definition) is 3. The second kappa shape index (κ2) is 4.22. The average molecular weight is 209 g/mol. The molecular formula is C11H15NOS. The Hall–Kier alpha value is -0.700. The van der Waals surface area contributed by atoms with Gasteiger partial charge in [0.05, 0.1) is 10.7 Å². The Morgan fingerprint density at radius 2 is 2.29 bits per heavy atom. The number of aromatic nitrogens is 1. The summed E-state index contributed by atoms with van der Waals surface area (Å²) in [5, 5.41) is 1.23. The molecule has 0 amide bonds.